The summed E-state index contributed by atoms with van der Waals surface area (Å²) in [6.45, 7) is 6.38. The van der Waals surface area contributed by atoms with Crippen LogP contribution in [0, 0.1) is 0 Å². The van der Waals surface area contributed by atoms with Gasteiger partial charge in [0.05, 0.1) is 45.2 Å². The van der Waals surface area contributed by atoms with Crippen molar-refractivity contribution in [3.05, 3.63) is 77.4 Å². The minimum absolute atomic E-state index is 0.0996. The second-order valence-corrected chi connectivity index (χ2v) is 8.98. The van der Waals surface area contributed by atoms with Crippen LogP contribution >= 0.6 is 0 Å². The number of carbonyl (C=O) groups excluding carboxylic acids is 1. The smallest absolute Gasteiger partial charge is 0.330 e. The zero-order chi connectivity index (χ0) is 24.9. The summed E-state index contributed by atoms with van der Waals surface area (Å²) in [6.07, 6.45) is 4.62. The number of benzene rings is 2. The summed E-state index contributed by atoms with van der Waals surface area (Å²) in [5.74, 6) is 0.522. The van der Waals surface area contributed by atoms with Crippen LogP contribution < -0.4 is 4.74 Å². The Bertz CT molecular complexity index is 924. The standard InChI is InChI=1S/C29H38O6/c1-4-33-28(30)19-25-13-16-27(34-21-23-9-6-5-7-10-23)29(2,35-22-25)17-8-18-32-20-24-11-14-26(31-3)15-12-24/h5-7,9-12,14-15,19,27H,4,8,13,16-18,20-22H2,1-3H3/b25-19+/t27-,29+/m1/s1. The van der Waals surface area contributed by atoms with Gasteiger partial charge in [0.1, 0.15) is 5.75 Å². The molecular weight excluding hydrogens is 444 g/mol. The van der Waals surface area contributed by atoms with Crippen LogP contribution in [0.1, 0.15) is 50.7 Å². The van der Waals surface area contributed by atoms with E-state index in [1.54, 1.807) is 20.1 Å². The number of hydrogen-bond donors (Lipinski definition) is 0. The Morgan fingerprint density at radius 2 is 1.83 bits per heavy atom. The predicted molar refractivity (Wildman–Crippen MR) is 135 cm³/mol. The summed E-state index contributed by atoms with van der Waals surface area (Å²) in [4.78, 5) is 12.0. The van der Waals surface area contributed by atoms with E-state index in [2.05, 4.69) is 19.1 Å². The Labute approximate surface area is 209 Å². The molecule has 2 aromatic rings. The van der Waals surface area contributed by atoms with Gasteiger partial charge in [-0.2, -0.15) is 0 Å². The first-order chi connectivity index (χ1) is 17.0. The van der Waals surface area contributed by atoms with Crippen molar-refractivity contribution in [3.63, 3.8) is 0 Å². The van der Waals surface area contributed by atoms with Gasteiger partial charge in [-0.15, -0.1) is 0 Å². The molecule has 1 heterocycles. The van der Waals surface area contributed by atoms with E-state index in [4.69, 9.17) is 23.7 Å². The third kappa shape index (κ3) is 8.80. The molecule has 35 heavy (non-hydrogen) atoms. The molecule has 0 aromatic heterocycles. The molecule has 0 saturated carbocycles. The topological polar surface area (TPSA) is 63.2 Å². The summed E-state index contributed by atoms with van der Waals surface area (Å²) in [7, 11) is 1.66. The molecule has 0 spiro atoms. The largest absolute Gasteiger partial charge is 0.497 e. The summed E-state index contributed by atoms with van der Waals surface area (Å²) in [5.41, 5.74) is 2.70. The van der Waals surface area contributed by atoms with Crippen molar-refractivity contribution in [2.75, 3.05) is 26.9 Å². The van der Waals surface area contributed by atoms with Crippen molar-refractivity contribution in [1.82, 2.24) is 0 Å². The van der Waals surface area contributed by atoms with Crippen molar-refractivity contribution in [3.8, 4) is 5.75 Å². The molecule has 0 aliphatic carbocycles. The lowest BCUT2D eigenvalue weighted by Gasteiger charge is -2.36. The highest BCUT2D eigenvalue weighted by molar-refractivity contribution is 5.82. The van der Waals surface area contributed by atoms with E-state index in [9.17, 15) is 4.79 Å². The Morgan fingerprint density at radius 1 is 1.09 bits per heavy atom. The van der Waals surface area contributed by atoms with E-state index < -0.39 is 5.60 Å². The van der Waals surface area contributed by atoms with Gasteiger partial charge in [0, 0.05) is 12.7 Å². The summed E-state index contributed by atoms with van der Waals surface area (Å²) in [6, 6.07) is 18.1. The van der Waals surface area contributed by atoms with Gasteiger partial charge >= 0.3 is 5.97 Å². The Hall–Kier alpha value is -2.67. The molecular formula is C29H38O6. The highest BCUT2D eigenvalue weighted by Gasteiger charge is 2.38. The first kappa shape index (κ1) is 26.9. The van der Waals surface area contributed by atoms with E-state index in [1.807, 2.05) is 42.5 Å². The van der Waals surface area contributed by atoms with Gasteiger partial charge in [-0.1, -0.05) is 42.5 Å². The maximum atomic E-state index is 12.0. The molecule has 1 fully saturated rings. The maximum absolute atomic E-state index is 12.0. The maximum Gasteiger partial charge on any atom is 0.330 e. The van der Waals surface area contributed by atoms with E-state index >= 15 is 0 Å². The van der Waals surface area contributed by atoms with Crippen molar-refractivity contribution >= 4 is 5.97 Å². The third-order valence-corrected chi connectivity index (χ3v) is 6.29. The van der Waals surface area contributed by atoms with E-state index in [0.717, 1.165) is 48.1 Å². The molecule has 1 saturated heterocycles. The van der Waals surface area contributed by atoms with Gasteiger partial charge < -0.3 is 23.7 Å². The fourth-order valence-corrected chi connectivity index (χ4v) is 4.21. The SMILES string of the molecule is CCOC(=O)/C=C1\CC[C@@H](OCc2ccccc2)[C@](C)(CCCOCc2ccc(OC)cc2)OC1. The molecule has 1 aliphatic heterocycles. The lowest BCUT2D eigenvalue weighted by molar-refractivity contribution is -0.138. The number of hydrogen-bond acceptors (Lipinski definition) is 6. The van der Waals surface area contributed by atoms with Crippen LogP contribution in [0.2, 0.25) is 0 Å². The average Bonchev–Trinajstić information content (AvgIpc) is 3.02. The number of carbonyl (C=O) groups is 1. The van der Waals surface area contributed by atoms with Crippen LogP contribution in [0.25, 0.3) is 0 Å². The Morgan fingerprint density at radius 3 is 2.54 bits per heavy atom. The highest BCUT2D eigenvalue weighted by Crippen LogP contribution is 2.33. The molecule has 2 aromatic carbocycles. The lowest BCUT2D eigenvalue weighted by atomic mass is 9.90. The minimum Gasteiger partial charge on any atom is -0.497 e. The molecule has 2 atom stereocenters. The molecule has 0 bridgehead atoms. The number of methoxy groups -OCH3 is 1. The monoisotopic (exact) mass is 482 g/mol. The first-order valence-electron chi connectivity index (χ1n) is 12.4. The van der Waals surface area contributed by atoms with E-state index in [0.29, 0.717) is 33.0 Å². The van der Waals surface area contributed by atoms with Crippen molar-refractivity contribution in [2.24, 2.45) is 0 Å². The summed E-state index contributed by atoms with van der Waals surface area (Å²) >= 11 is 0. The van der Waals surface area contributed by atoms with Crippen LogP contribution in [0.3, 0.4) is 0 Å². The third-order valence-electron chi connectivity index (χ3n) is 6.29. The zero-order valence-corrected chi connectivity index (χ0v) is 21.2. The van der Waals surface area contributed by atoms with Gasteiger partial charge in [-0.25, -0.2) is 4.79 Å². The van der Waals surface area contributed by atoms with Gasteiger partial charge in [-0.05, 0) is 68.4 Å². The molecule has 1 aliphatic rings. The average molecular weight is 483 g/mol. The van der Waals surface area contributed by atoms with Crippen LogP contribution in [0.4, 0.5) is 0 Å². The van der Waals surface area contributed by atoms with E-state index in [-0.39, 0.29) is 12.1 Å². The minimum atomic E-state index is -0.484. The second kappa shape index (κ2) is 14.0. The predicted octanol–water partition coefficient (Wildman–Crippen LogP) is 5.64. The first-order valence-corrected chi connectivity index (χ1v) is 12.4. The number of esters is 1. The van der Waals surface area contributed by atoms with Gasteiger partial charge in [0.2, 0.25) is 0 Å². The number of rotatable bonds is 12. The molecule has 0 unspecified atom stereocenters. The summed E-state index contributed by atoms with van der Waals surface area (Å²) in [5, 5.41) is 0. The Balaban J connectivity index is 1.57. The molecule has 6 nitrogen and oxygen atoms in total. The van der Waals surface area contributed by atoms with Crippen LogP contribution in [0.15, 0.2) is 66.2 Å². The highest BCUT2D eigenvalue weighted by atomic mass is 16.6. The van der Waals surface area contributed by atoms with Gasteiger partial charge in [0.25, 0.3) is 0 Å². The fraction of sp³-hybridized carbons (Fsp3) is 0.483. The molecule has 0 radical (unpaired) electrons. The lowest BCUT2D eigenvalue weighted by Crippen LogP contribution is -2.43. The normalized spacial score (nSPS) is 21.5. The van der Waals surface area contributed by atoms with Crippen LogP contribution in [0.5, 0.6) is 5.75 Å². The summed E-state index contributed by atoms with van der Waals surface area (Å²) < 4.78 is 29.0. The fourth-order valence-electron chi connectivity index (χ4n) is 4.21. The number of ether oxygens (including phenoxy) is 5. The van der Waals surface area contributed by atoms with Crippen LogP contribution in [-0.2, 0) is 37.0 Å². The Kier molecular flexibility index (Phi) is 10.8. The van der Waals surface area contributed by atoms with Crippen LogP contribution in [-0.4, -0.2) is 44.6 Å². The molecule has 0 amide bonds. The molecule has 0 N–H and O–H groups in total. The molecule has 3 rings (SSSR count). The van der Waals surface area contributed by atoms with Gasteiger partial charge in [0.15, 0.2) is 0 Å². The quantitative estimate of drug-likeness (QED) is 0.222. The second-order valence-electron chi connectivity index (χ2n) is 8.98. The molecule has 6 heteroatoms. The van der Waals surface area contributed by atoms with Crippen molar-refractivity contribution in [1.29, 1.82) is 0 Å². The van der Waals surface area contributed by atoms with Crippen molar-refractivity contribution in [2.45, 2.75) is 64.4 Å². The van der Waals surface area contributed by atoms with Crippen molar-refractivity contribution < 1.29 is 28.5 Å². The van der Waals surface area contributed by atoms with Gasteiger partial charge in [-0.3, -0.25) is 0 Å². The van der Waals surface area contributed by atoms with E-state index in [1.165, 1.54) is 0 Å². The zero-order valence-electron chi connectivity index (χ0n) is 21.2. The molecule has 190 valence electrons.